The Morgan fingerprint density at radius 3 is 1.09 bits per heavy atom. The average molecular weight is 625 g/mol. The van der Waals surface area contributed by atoms with E-state index in [4.69, 9.17) is 8.83 Å². The van der Waals surface area contributed by atoms with Crippen LogP contribution >= 0.6 is 0 Å². The van der Waals surface area contributed by atoms with Gasteiger partial charge in [0.15, 0.2) is 11.5 Å². The summed E-state index contributed by atoms with van der Waals surface area (Å²) in [5.74, 6) is -7.42. The van der Waals surface area contributed by atoms with Crippen molar-refractivity contribution in [3.63, 3.8) is 0 Å². The molecule has 1 aliphatic rings. The van der Waals surface area contributed by atoms with Crippen LogP contribution < -0.4 is 10.9 Å². The summed E-state index contributed by atoms with van der Waals surface area (Å²) in [5.41, 5.74) is -1.74. The highest BCUT2D eigenvalue weighted by atomic mass is 16.4. The molecule has 0 aliphatic carbocycles. The summed E-state index contributed by atoms with van der Waals surface area (Å²) >= 11 is 0. The maximum Gasteiger partial charge on any atom is 0.317 e. The van der Waals surface area contributed by atoms with Gasteiger partial charge in [-0.25, -0.2) is 0 Å². The molecule has 4 bridgehead atoms. The number of aliphatic carboxylic acids is 4. The van der Waals surface area contributed by atoms with Crippen LogP contribution in [0.15, 0.2) is 30.6 Å². The Morgan fingerprint density at radius 1 is 0.545 bits per heavy atom. The van der Waals surface area contributed by atoms with E-state index in [0.29, 0.717) is 0 Å². The maximum absolute atomic E-state index is 12.5. The first kappa shape index (κ1) is 33.7. The van der Waals surface area contributed by atoms with Gasteiger partial charge in [0.1, 0.15) is 11.5 Å². The Bertz CT molecular complexity index is 1390. The molecule has 0 saturated heterocycles. The molecule has 6 N–H and O–H groups in total. The highest BCUT2D eigenvalue weighted by Crippen LogP contribution is 2.20. The molecule has 0 saturated carbocycles. The minimum atomic E-state index is -1.28. The van der Waals surface area contributed by atoms with Gasteiger partial charge in [-0.3, -0.25) is 48.4 Å². The summed E-state index contributed by atoms with van der Waals surface area (Å²) in [7, 11) is 0. The van der Waals surface area contributed by atoms with Crippen molar-refractivity contribution in [2.45, 2.75) is 26.2 Å². The first-order valence-electron chi connectivity index (χ1n) is 13.2. The Morgan fingerprint density at radius 2 is 0.818 bits per heavy atom. The molecular formula is C26H32N4O14. The summed E-state index contributed by atoms with van der Waals surface area (Å²) in [5, 5.41) is 58.5. The Labute approximate surface area is 248 Å². The molecule has 3 rings (SSSR count). The van der Waals surface area contributed by atoms with E-state index in [1.165, 1.54) is 19.6 Å². The minimum absolute atomic E-state index is 0.0749. The maximum atomic E-state index is 12.5. The zero-order chi connectivity index (χ0) is 32.6. The SMILES string of the molecule is O=C(O)CN1CCN(CC(=O)O)Cc2oc(cc(=O)c2O)CN(CC(=O)O)CCN(CC(=O)O)Cc2oc(cc(=O)c2O)C1. The van der Waals surface area contributed by atoms with Gasteiger partial charge in [-0.05, 0) is 0 Å². The number of hydrogen-bond donors (Lipinski definition) is 6. The minimum Gasteiger partial charge on any atom is -0.502 e. The standard InChI is InChI=1S/C26H32N4O14/c31-17-5-15-7-27(11-21(33)34)1-3-29(13-23(37)38)9-19-25(41)18(32)6-16(44-19)8-28(12-22(35)36)2-4-30(14-24(39)40)10-20(43-15)26(17)42/h5-6,41-42H,1-4,7-14H2,(H,33,34)(H,35,36)(H,37,38)(H,39,40). The Kier molecular flexibility index (Phi) is 11.6. The molecule has 0 fully saturated rings. The number of rotatable bonds is 8. The molecule has 0 spiro atoms. The first-order valence-corrected chi connectivity index (χ1v) is 13.2. The smallest absolute Gasteiger partial charge is 0.317 e. The van der Waals surface area contributed by atoms with E-state index in [-0.39, 0.29) is 62.3 Å². The third kappa shape index (κ3) is 10.2. The van der Waals surface area contributed by atoms with E-state index in [0.717, 1.165) is 12.1 Å². The van der Waals surface area contributed by atoms with Crippen LogP contribution in [0, 0.1) is 0 Å². The highest BCUT2D eigenvalue weighted by molar-refractivity contribution is 5.70. The summed E-state index contributed by atoms with van der Waals surface area (Å²) in [6.07, 6.45) is 0. The summed E-state index contributed by atoms with van der Waals surface area (Å²) in [6, 6.07) is 1.88. The van der Waals surface area contributed by atoms with Gasteiger partial charge in [0.2, 0.25) is 22.4 Å². The van der Waals surface area contributed by atoms with E-state index in [2.05, 4.69) is 0 Å². The van der Waals surface area contributed by atoms with E-state index < -0.39 is 85.5 Å². The van der Waals surface area contributed by atoms with Crippen molar-refractivity contribution in [1.29, 1.82) is 0 Å². The number of carbonyl (C=O) groups is 4. The quantitative estimate of drug-likeness (QED) is 0.190. The topological polar surface area (TPSA) is 263 Å². The third-order valence-electron chi connectivity index (χ3n) is 6.48. The molecule has 240 valence electrons. The molecular weight excluding hydrogens is 592 g/mol. The second-order valence-corrected chi connectivity index (χ2v) is 10.1. The predicted molar refractivity (Wildman–Crippen MR) is 145 cm³/mol. The van der Waals surface area contributed by atoms with Crippen molar-refractivity contribution in [2.75, 3.05) is 52.4 Å². The van der Waals surface area contributed by atoms with Crippen LogP contribution in [0.25, 0.3) is 0 Å². The van der Waals surface area contributed by atoms with E-state index >= 15 is 0 Å². The average Bonchev–Trinajstić information content (AvgIpc) is 2.89. The van der Waals surface area contributed by atoms with E-state index in [1.807, 2.05) is 0 Å². The van der Waals surface area contributed by atoms with Crippen molar-refractivity contribution in [3.05, 3.63) is 55.6 Å². The molecule has 3 heterocycles. The van der Waals surface area contributed by atoms with Crippen molar-refractivity contribution in [3.8, 4) is 11.5 Å². The lowest BCUT2D eigenvalue weighted by atomic mass is 10.2. The molecule has 2 aromatic rings. The van der Waals surface area contributed by atoms with Crippen LogP contribution in [-0.4, -0.2) is 126 Å². The number of carboxylic acids is 4. The van der Waals surface area contributed by atoms with Gasteiger partial charge in [0.25, 0.3) is 0 Å². The van der Waals surface area contributed by atoms with Gasteiger partial charge in [0.05, 0.1) is 52.4 Å². The second kappa shape index (κ2) is 15.1. The molecule has 18 nitrogen and oxygen atoms in total. The second-order valence-electron chi connectivity index (χ2n) is 10.1. The summed E-state index contributed by atoms with van der Waals surface area (Å²) < 4.78 is 11.4. The molecule has 2 aromatic heterocycles. The van der Waals surface area contributed by atoms with E-state index in [9.17, 15) is 59.4 Å². The molecule has 0 radical (unpaired) electrons. The van der Waals surface area contributed by atoms with Crippen molar-refractivity contribution in [1.82, 2.24) is 19.6 Å². The monoisotopic (exact) mass is 624 g/mol. The van der Waals surface area contributed by atoms with Crippen molar-refractivity contribution >= 4 is 23.9 Å². The van der Waals surface area contributed by atoms with Crippen LogP contribution in [0.3, 0.4) is 0 Å². The number of carboxylic acid groups (broad SMARTS) is 4. The molecule has 0 unspecified atom stereocenters. The predicted octanol–water partition coefficient (Wildman–Crippen LogP) is -1.74. The molecule has 0 amide bonds. The van der Waals surface area contributed by atoms with Gasteiger partial charge < -0.3 is 39.5 Å². The lowest BCUT2D eigenvalue weighted by Gasteiger charge is -2.27. The van der Waals surface area contributed by atoms with Crippen LogP contribution in [-0.2, 0) is 45.4 Å². The fraction of sp³-hybridized carbons (Fsp3) is 0.462. The zero-order valence-electron chi connectivity index (χ0n) is 23.4. The van der Waals surface area contributed by atoms with Crippen molar-refractivity contribution < 1.29 is 58.7 Å². The normalized spacial score (nSPS) is 16.5. The van der Waals surface area contributed by atoms with Crippen LogP contribution in [0.4, 0.5) is 0 Å². The van der Waals surface area contributed by atoms with Crippen LogP contribution in [0.1, 0.15) is 23.0 Å². The molecule has 18 heteroatoms. The van der Waals surface area contributed by atoms with Gasteiger partial charge in [0, 0.05) is 38.3 Å². The van der Waals surface area contributed by atoms with Crippen molar-refractivity contribution in [2.24, 2.45) is 0 Å². The van der Waals surface area contributed by atoms with Gasteiger partial charge in [-0.2, -0.15) is 0 Å². The molecule has 1 aliphatic heterocycles. The van der Waals surface area contributed by atoms with Gasteiger partial charge >= 0.3 is 23.9 Å². The number of aromatic hydroxyl groups is 2. The molecule has 44 heavy (non-hydrogen) atoms. The first-order chi connectivity index (χ1) is 20.7. The lowest BCUT2D eigenvalue weighted by molar-refractivity contribution is -0.140. The molecule has 0 atom stereocenters. The summed E-state index contributed by atoms with van der Waals surface area (Å²) in [6.45, 7) is -4.16. The fourth-order valence-electron chi connectivity index (χ4n) is 4.58. The van der Waals surface area contributed by atoms with Crippen LogP contribution in [0.2, 0.25) is 0 Å². The highest BCUT2D eigenvalue weighted by Gasteiger charge is 2.24. The number of nitrogens with zero attached hydrogens (tertiary/aromatic N) is 4. The van der Waals surface area contributed by atoms with E-state index in [1.54, 1.807) is 0 Å². The Balaban J connectivity index is 2.10. The zero-order valence-corrected chi connectivity index (χ0v) is 23.4. The third-order valence-corrected chi connectivity index (χ3v) is 6.48. The number of fused-ring (bicyclic) bond motifs is 4. The van der Waals surface area contributed by atoms with Gasteiger partial charge in [-0.15, -0.1) is 0 Å². The lowest BCUT2D eigenvalue weighted by Crippen LogP contribution is -2.40. The fourth-order valence-corrected chi connectivity index (χ4v) is 4.58. The molecule has 0 aromatic carbocycles. The number of hydrogen-bond acceptors (Lipinski definition) is 14. The largest absolute Gasteiger partial charge is 0.502 e. The summed E-state index contributed by atoms with van der Waals surface area (Å²) in [4.78, 5) is 76.5. The Hall–Kier alpha value is -4.78. The van der Waals surface area contributed by atoms with Crippen LogP contribution in [0.5, 0.6) is 11.5 Å². The van der Waals surface area contributed by atoms with Gasteiger partial charge in [-0.1, -0.05) is 0 Å².